The summed E-state index contributed by atoms with van der Waals surface area (Å²) in [6.45, 7) is 0.859. The highest BCUT2D eigenvalue weighted by atomic mass is 16.5. The minimum atomic E-state index is -0.533. The molecule has 2 atom stereocenters. The van der Waals surface area contributed by atoms with E-state index >= 15 is 0 Å². The predicted octanol–water partition coefficient (Wildman–Crippen LogP) is 2.08. The minimum Gasteiger partial charge on any atom is -0.481 e. The summed E-state index contributed by atoms with van der Waals surface area (Å²) in [5.41, 5.74) is 0.669. The molecular weight excluding hydrogens is 218 g/mol. The highest BCUT2D eigenvalue weighted by Gasteiger charge is 2.18. The zero-order valence-electron chi connectivity index (χ0n) is 10.1. The molecule has 1 saturated heterocycles. The molecule has 2 unspecified atom stereocenters. The Morgan fingerprint density at radius 3 is 3.18 bits per heavy atom. The van der Waals surface area contributed by atoms with Crippen LogP contribution in [0, 0.1) is 0 Å². The molecule has 0 amide bonds. The van der Waals surface area contributed by atoms with E-state index in [9.17, 15) is 5.11 Å². The third kappa shape index (κ3) is 3.41. The summed E-state index contributed by atoms with van der Waals surface area (Å²) in [5.74, 6) is 0.540. The SMILES string of the molecule is COc1cccc(C(O)CCC2CCCO2)n1. The van der Waals surface area contributed by atoms with Gasteiger partial charge in [-0.05, 0) is 31.7 Å². The Labute approximate surface area is 102 Å². The second-order valence-corrected chi connectivity index (χ2v) is 4.33. The number of rotatable bonds is 5. The molecule has 4 heteroatoms. The number of methoxy groups -OCH3 is 1. The lowest BCUT2D eigenvalue weighted by atomic mass is 10.1. The van der Waals surface area contributed by atoms with E-state index in [-0.39, 0.29) is 0 Å². The molecule has 0 radical (unpaired) electrons. The fourth-order valence-corrected chi connectivity index (χ4v) is 2.09. The number of aliphatic hydroxyl groups is 1. The molecule has 0 bridgehead atoms. The Bertz CT molecular complexity index is 350. The standard InChI is InChI=1S/C13H19NO3/c1-16-13-6-2-5-11(14-13)12(15)8-7-10-4-3-9-17-10/h2,5-6,10,12,15H,3-4,7-9H2,1H3. The van der Waals surface area contributed by atoms with E-state index in [4.69, 9.17) is 9.47 Å². The van der Waals surface area contributed by atoms with Crippen LogP contribution in [0.2, 0.25) is 0 Å². The lowest BCUT2D eigenvalue weighted by Gasteiger charge is -2.13. The maximum atomic E-state index is 10.0. The van der Waals surface area contributed by atoms with Gasteiger partial charge in [0.15, 0.2) is 0 Å². The molecular formula is C13H19NO3. The van der Waals surface area contributed by atoms with Crippen LogP contribution < -0.4 is 4.74 Å². The summed E-state index contributed by atoms with van der Waals surface area (Å²) in [5, 5.41) is 10.0. The molecule has 0 spiro atoms. The molecule has 4 nitrogen and oxygen atoms in total. The molecule has 1 N–H and O–H groups in total. The Kier molecular flexibility index (Phi) is 4.34. The van der Waals surface area contributed by atoms with E-state index in [0.29, 0.717) is 24.1 Å². The van der Waals surface area contributed by atoms with Gasteiger partial charge >= 0.3 is 0 Å². The average Bonchev–Trinajstić information content (AvgIpc) is 2.89. The molecule has 17 heavy (non-hydrogen) atoms. The van der Waals surface area contributed by atoms with Crippen molar-refractivity contribution in [3.63, 3.8) is 0 Å². The molecule has 0 aliphatic carbocycles. The van der Waals surface area contributed by atoms with Crippen LogP contribution in [-0.4, -0.2) is 29.9 Å². The lowest BCUT2D eigenvalue weighted by molar-refractivity contribution is 0.0800. The first-order chi connectivity index (χ1) is 8.29. The van der Waals surface area contributed by atoms with Crippen molar-refractivity contribution in [3.05, 3.63) is 23.9 Å². The molecule has 2 heterocycles. The van der Waals surface area contributed by atoms with Crippen molar-refractivity contribution in [1.29, 1.82) is 0 Å². The molecule has 1 aliphatic heterocycles. The number of nitrogens with zero attached hydrogens (tertiary/aromatic N) is 1. The zero-order chi connectivity index (χ0) is 12.1. The Hall–Kier alpha value is -1.13. The van der Waals surface area contributed by atoms with Gasteiger partial charge in [-0.1, -0.05) is 6.07 Å². The van der Waals surface area contributed by atoms with Crippen molar-refractivity contribution in [2.45, 2.75) is 37.9 Å². The fourth-order valence-electron chi connectivity index (χ4n) is 2.09. The van der Waals surface area contributed by atoms with Gasteiger partial charge in [-0.15, -0.1) is 0 Å². The Morgan fingerprint density at radius 2 is 2.47 bits per heavy atom. The van der Waals surface area contributed by atoms with E-state index in [2.05, 4.69) is 4.98 Å². The van der Waals surface area contributed by atoms with Crippen molar-refractivity contribution >= 4 is 0 Å². The maximum Gasteiger partial charge on any atom is 0.213 e. The number of aliphatic hydroxyl groups excluding tert-OH is 1. The predicted molar refractivity (Wildman–Crippen MR) is 64.0 cm³/mol. The second-order valence-electron chi connectivity index (χ2n) is 4.33. The third-order valence-corrected chi connectivity index (χ3v) is 3.08. The number of hydrogen-bond acceptors (Lipinski definition) is 4. The van der Waals surface area contributed by atoms with Gasteiger partial charge in [0.05, 0.1) is 25.0 Å². The largest absolute Gasteiger partial charge is 0.481 e. The van der Waals surface area contributed by atoms with Gasteiger partial charge in [0.2, 0.25) is 5.88 Å². The smallest absolute Gasteiger partial charge is 0.213 e. The first-order valence-corrected chi connectivity index (χ1v) is 6.10. The summed E-state index contributed by atoms with van der Waals surface area (Å²) >= 11 is 0. The van der Waals surface area contributed by atoms with Crippen LogP contribution in [0.25, 0.3) is 0 Å². The maximum absolute atomic E-state index is 10.0. The van der Waals surface area contributed by atoms with Crippen molar-refractivity contribution in [3.8, 4) is 5.88 Å². The Morgan fingerprint density at radius 1 is 1.59 bits per heavy atom. The number of pyridine rings is 1. The van der Waals surface area contributed by atoms with E-state index in [1.54, 1.807) is 13.2 Å². The monoisotopic (exact) mass is 237 g/mol. The molecule has 1 aliphatic rings. The molecule has 1 aromatic rings. The van der Waals surface area contributed by atoms with E-state index < -0.39 is 6.10 Å². The highest BCUT2D eigenvalue weighted by Crippen LogP contribution is 2.23. The van der Waals surface area contributed by atoms with Crippen LogP contribution in [0.4, 0.5) is 0 Å². The molecule has 0 aromatic carbocycles. The van der Waals surface area contributed by atoms with Gasteiger partial charge in [0, 0.05) is 12.7 Å². The van der Waals surface area contributed by atoms with Crippen LogP contribution in [0.3, 0.4) is 0 Å². The van der Waals surface area contributed by atoms with Crippen LogP contribution in [0.1, 0.15) is 37.5 Å². The minimum absolute atomic E-state index is 0.315. The van der Waals surface area contributed by atoms with Crippen molar-refractivity contribution in [2.75, 3.05) is 13.7 Å². The molecule has 1 fully saturated rings. The van der Waals surface area contributed by atoms with E-state index in [1.165, 1.54) is 0 Å². The van der Waals surface area contributed by atoms with Crippen LogP contribution >= 0.6 is 0 Å². The number of ether oxygens (including phenoxy) is 2. The second kappa shape index (κ2) is 5.98. The van der Waals surface area contributed by atoms with Crippen molar-refractivity contribution in [1.82, 2.24) is 4.98 Å². The first kappa shape index (κ1) is 12.3. The van der Waals surface area contributed by atoms with Crippen molar-refractivity contribution < 1.29 is 14.6 Å². The highest BCUT2D eigenvalue weighted by molar-refractivity contribution is 5.17. The first-order valence-electron chi connectivity index (χ1n) is 6.10. The lowest BCUT2D eigenvalue weighted by Crippen LogP contribution is -2.09. The summed E-state index contributed by atoms with van der Waals surface area (Å²) in [7, 11) is 1.57. The molecule has 94 valence electrons. The summed E-state index contributed by atoms with van der Waals surface area (Å²) < 4.78 is 10.6. The van der Waals surface area contributed by atoms with Crippen LogP contribution in [-0.2, 0) is 4.74 Å². The van der Waals surface area contributed by atoms with Gasteiger partial charge < -0.3 is 14.6 Å². The van der Waals surface area contributed by atoms with Gasteiger partial charge in [0.25, 0.3) is 0 Å². The molecule has 1 aromatic heterocycles. The van der Waals surface area contributed by atoms with Gasteiger partial charge in [-0.2, -0.15) is 0 Å². The van der Waals surface area contributed by atoms with E-state index in [0.717, 1.165) is 25.9 Å². The topological polar surface area (TPSA) is 51.6 Å². The van der Waals surface area contributed by atoms with E-state index in [1.807, 2.05) is 12.1 Å². The van der Waals surface area contributed by atoms with Gasteiger partial charge in [-0.25, -0.2) is 4.98 Å². The fraction of sp³-hybridized carbons (Fsp3) is 0.615. The van der Waals surface area contributed by atoms with Crippen LogP contribution in [0.15, 0.2) is 18.2 Å². The molecule has 2 rings (SSSR count). The number of hydrogen-bond donors (Lipinski definition) is 1. The quantitative estimate of drug-likeness (QED) is 0.852. The number of aromatic nitrogens is 1. The third-order valence-electron chi connectivity index (χ3n) is 3.08. The summed E-state index contributed by atoms with van der Waals surface area (Å²) in [6.07, 6.45) is 3.60. The van der Waals surface area contributed by atoms with Crippen molar-refractivity contribution in [2.24, 2.45) is 0 Å². The summed E-state index contributed by atoms with van der Waals surface area (Å²) in [6, 6.07) is 5.44. The van der Waals surface area contributed by atoms with Gasteiger partial charge in [-0.3, -0.25) is 0 Å². The summed E-state index contributed by atoms with van der Waals surface area (Å²) in [4.78, 5) is 4.22. The molecule has 0 saturated carbocycles. The van der Waals surface area contributed by atoms with Crippen LogP contribution in [0.5, 0.6) is 5.88 Å². The zero-order valence-corrected chi connectivity index (χ0v) is 10.1. The Balaban J connectivity index is 1.87. The average molecular weight is 237 g/mol. The normalized spacial score (nSPS) is 21.4. The van der Waals surface area contributed by atoms with Gasteiger partial charge in [0.1, 0.15) is 0 Å².